The summed E-state index contributed by atoms with van der Waals surface area (Å²) < 4.78 is 128. The van der Waals surface area contributed by atoms with E-state index in [0.717, 1.165) is 28.3 Å². The summed E-state index contributed by atoms with van der Waals surface area (Å²) in [5, 5.41) is 0. The molecule has 3 aliphatic rings. The second kappa shape index (κ2) is 50.6. The molecule has 29 heteroatoms. The molecule has 2 N–H and O–H groups in total. The first-order valence-corrected chi connectivity index (χ1v) is 38.4. The highest BCUT2D eigenvalue weighted by Gasteiger charge is 2.44. The molecule has 3 aromatic carbocycles. The Morgan fingerprint density at radius 2 is 0.733 bits per heavy atom. The Morgan fingerprint density at radius 3 is 0.990 bits per heavy atom. The summed E-state index contributed by atoms with van der Waals surface area (Å²) in [6.45, 7) is 25.7. The average molecular weight is 1510 g/mol. The molecule has 0 bridgehead atoms. The van der Waals surface area contributed by atoms with E-state index in [2.05, 4.69) is 23.3 Å². The van der Waals surface area contributed by atoms with Crippen molar-refractivity contribution in [1.29, 1.82) is 0 Å². The summed E-state index contributed by atoms with van der Waals surface area (Å²) in [6.07, 6.45) is -2.46. The van der Waals surface area contributed by atoms with Gasteiger partial charge in [0.2, 0.25) is 13.6 Å². The molecular weight excluding hydrogens is 1390 g/mol. The van der Waals surface area contributed by atoms with Crippen molar-refractivity contribution in [2.45, 2.75) is 206 Å². The van der Waals surface area contributed by atoms with Gasteiger partial charge < -0.3 is 85.4 Å². The largest absolute Gasteiger partial charge is 0.510 e. The van der Waals surface area contributed by atoms with E-state index < -0.39 is 97.7 Å². The van der Waals surface area contributed by atoms with Crippen molar-refractivity contribution in [3.8, 4) is 0 Å². The predicted octanol–water partition coefficient (Wildman–Crippen LogP) is 17.5. The number of benzene rings is 3. The molecule has 580 valence electrons. The second-order valence-corrected chi connectivity index (χ2v) is 31.2. The monoisotopic (exact) mass is 1510 g/mol. The van der Waals surface area contributed by atoms with Gasteiger partial charge in [0, 0.05) is 33.0 Å². The number of rotatable bonds is 28. The van der Waals surface area contributed by atoms with Gasteiger partial charge in [0.1, 0.15) is 25.5 Å². The summed E-state index contributed by atoms with van der Waals surface area (Å²) in [7, 11) is -5.83. The molecule has 0 saturated carbocycles. The Balaban J connectivity index is 0. The van der Waals surface area contributed by atoms with Crippen LogP contribution in [-0.2, 0) is 114 Å². The van der Waals surface area contributed by atoms with Gasteiger partial charge in [-0.3, -0.25) is 18.2 Å². The van der Waals surface area contributed by atoms with Crippen molar-refractivity contribution in [2.75, 3.05) is 54.3 Å². The van der Waals surface area contributed by atoms with E-state index in [0.29, 0.717) is 19.8 Å². The standard InChI is InChI=1S/C27H41O12P.C19H29O4P.C17H25O6P.C5H9ClO3.4CH4/c1-18(2)37-26(28)33-16-35-40(30,36-17-34-27(29)38-19(3)4)14-13-23-20(5)21(6)24(25(31-7)39-23)32-15-22-11-9-8-10-12-22;1-14-15(2)18(22-13-16-9-7-6-8-10-16)19(21-3)23-17(14)11-12-24(4,5)20;1-12-13(2)16(22-11-14-7-5-4-6-8-14)17(21-3)23-15(12)9-10-24(18,19)20;1-4(2)9-5(7)8-3-6;;;;/h8-14,18-21,23-25H,15-17H2,1-7H3;6-12,14-15,17-19H,13H2,1-5H3;4-10,12-13,15-17H,11H2,1-3H3,(H2,18,19,20);4H,3H2,1-2H3;4*1H4/b14-13+;12-11+;10-9+;;;;;. The van der Waals surface area contributed by atoms with Crippen molar-refractivity contribution in [3.05, 3.63) is 143 Å². The third-order valence-corrected chi connectivity index (χ3v) is 18.4. The summed E-state index contributed by atoms with van der Waals surface area (Å²) in [4.78, 5) is 51.7. The fourth-order valence-corrected chi connectivity index (χ4v) is 11.7. The van der Waals surface area contributed by atoms with E-state index in [1.807, 2.05) is 125 Å². The third-order valence-electron chi connectivity index (χ3n) is 15.4. The Morgan fingerprint density at radius 1 is 0.455 bits per heavy atom. The van der Waals surface area contributed by atoms with Crippen molar-refractivity contribution in [1.82, 2.24) is 0 Å². The van der Waals surface area contributed by atoms with Crippen LogP contribution in [0.4, 0.5) is 14.4 Å². The molecule has 101 heavy (non-hydrogen) atoms. The van der Waals surface area contributed by atoms with Gasteiger partial charge in [-0.05, 0) is 125 Å². The van der Waals surface area contributed by atoms with Crippen LogP contribution in [-0.4, -0.2) is 156 Å². The summed E-state index contributed by atoms with van der Waals surface area (Å²) in [5.41, 5.74) is 3.22. The number of methoxy groups -OCH3 is 3. The fraction of sp³-hybridized carbons (Fsp3) is 0.625. The Labute approximate surface area is 607 Å². The van der Waals surface area contributed by atoms with E-state index >= 15 is 0 Å². The zero-order valence-corrected chi connectivity index (χ0v) is 62.2. The number of ether oxygens (including phenoxy) is 15. The molecule has 0 amide bonds. The van der Waals surface area contributed by atoms with E-state index in [9.17, 15) is 28.1 Å². The lowest BCUT2D eigenvalue weighted by Crippen LogP contribution is -2.50. The molecule has 0 aromatic heterocycles. The molecule has 3 aromatic rings. The van der Waals surface area contributed by atoms with Crippen LogP contribution in [0.1, 0.15) is 129 Å². The molecule has 15 unspecified atom stereocenters. The topological polar surface area (TPSA) is 300 Å². The van der Waals surface area contributed by atoms with Gasteiger partial charge in [-0.15, -0.1) is 0 Å². The first kappa shape index (κ1) is 98.2. The van der Waals surface area contributed by atoms with Crippen molar-refractivity contribution in [3.63, 3.8) is 0 Å². The highest BCUT2D eigenvalue weighted by atomic mass is 35.5. The zero-order chi connectivity index (χ0) is 72.5. The first-order chi connectivity index (χ1) is 45.7. The lowest BCUT2D eigenvalue weighted by Gasteiger charge is -2.43. The van der Waals surface area contributed by atoms with Crippen LogP contribution in [0.5, 0.6) is 0 Å². The normalized spacial score (nSPS) is 25.0. The zero-order valence-electron chi connectivity index (χ0n) is 58.8. The minimum Gasteiger partial charge on any atom is -0.432 e. The molecule has 0 spiro atoms. The predicted molar refractivity (Wildman–Crippen MR) is 391 cm³/mol. The van der Waals surface area contributed by atoms with E-state index in [1.165, 1.54) is 26.4 Å². The van der Waals surface area contributed by atoms with Crippen LogP contribution in [0.2, 0.25) is 0 Å². The molecule has 3 aliphatic heterocycles. The smallest absolute Gasteiger partial charge is 0.432 e. The molecule has 3 heterocycles. The third kappa shape index (κ3) is 38.1. The van der Waals surface area contributed by atoms with Gasteiger partial charge in [-0.25, -0.2) is 14.4 Å². The summed E-state index contributed by atoms with van der Waals surface area (Å²) >= 11 is 5.06. The Kier molecular flexibility index (Phi) is 49.2. The van der Waals surface area contributed by atoms with E-state index in [-0.39, 0.29) is 102 Å². The maximum atomic E-state index is 13.4. The highest BCUT2D eigenvalue weighted by Crippen LogP contribution is 2.51. The minimum absolute atomic E-state index is 0. The van der Waals surface area contributed by atoms with Crippen molar-refractivity contribution in [2.24, 2.45) is 35.5 Å². The molecule has 0 radical (unpaired) electrons. The molecule has 0 aliphatic carbocycles. The maximum absolute atomic E-state index is 13.4. The lowest BCUT2D eigenvalue weighted by molar-refractivity contribution is -0.265. The van der Waals surface area contributed by atoms with E-state index in [4.69, 9.17) is 92.0 Å². The Bertz CT molecular complexity index is 2810. The van der Waals surface area contributed by atoms with Crippen LogP contribution >= 0.6 is 33.9 Å². The molecule has 6 rings (SSSR count). The van der Waals surface area contributed by atoms with Crippen molar-refractivity contribution < 1.29 is 118 Å². The van der Waals surface area contributed by atoms with Gasteiger partial charge in [-0.2, -0.15) is 0 Å². The number of alkyl halides is 1. The van der Waals surface area contributed by atoms with Gasteiger partial charge in [-0.1, -0.05) is 180 Å². The molecular formula is C72H120ClO25P3. The lowest BCUT2D eigenvalue weighted by atomic mass is 9.83. The van der Waals surface area contributed by atoms with Crippen LogP contribution in [0.15, 0.2) is 127 Å². The summed E-state index contributed by atoms with van der Waals surface area (Å²) in [6, 6.07) is 29.5. The second-order valence-electron chi connectivity index (χ2n) is 24.4. The number of carbonyl (C=O) groups excluding carboxylic acids is 3. The van der Waals surface area contributed by atoms with Crippen LogP contribution < -0.4 is 0 Å². The van der Waals surface area contributed by atoms with E-state index in [1.54, 1.807) is 67.8 Å². The van der Waals surface area contributed by atoms with Crippen LogP contribution in [0.3, 0.4) is 0 Å². The minimum atomic E-state index is -4.21. The average Bonchev–Trinajstić information content (AvgIpc) is 0.821. The molecule has 3 saturated heterocycles. The SMILES string of the molecule is C.C.C.C.CC(C)OC(=O)OCCl.COC1OC(/C=C/P(=O)(O)O)C(C)C(C)C1OCc1ccccc1.COC1OC(/C=C/P(=O)(OCOC(=O)OC(C)C)OCOC(=O)OC(C)C)C(C)C(C)C1OCc1ccccc1.COC1OC(/C=C/P(C)(C)=O)C(C)C(C)C1OCc1ccccc1. The quantitative estimate of drug-likeness (QED) is 0.0224. The van der Waals surface area contributed by atoms with Crippen LogP contribution in [0, 0.1) is 35.5 Å². The van der Waals surface area contributed by atoms with Gasteiger partial charge in [0.25, 0.3) is 0 Å². The number of hydrogen-bond acceptors (Lipinski definition) is 23. The number of halogens is 1. The van der Waals surface area contributed by atoms with Gasteiger partial charge in [0.15, 0.2) is 24.9 Å². The van der Waals surface area contributed by atoms with Gasteiger partial charge >= 0.3 is 33.7 Å². The highest BCUT2D eigenvalue weighted by molar-refractivity contribution is 7.65. The number of carbonyl (C=O) groups is 3. The fourth-order valence-electron chi connectivity index (χ4n) is 9.65. The Hall–Kier alpha value is -4.85. The first-order valence-electron chi connectivity index (χ1n) is 31.9. The van der Waals surface area contributed by atoms with Gasteiger partial charge in [0.05, 0.1) is 56.4 Å². The number of hydrogen-bond donors (Lipinski definition) is 2. The molecule has 3 fully saturated rings. The summed E-state index contributed by atoms with van der Waals surface area (Å²) in [5.74, 6) is 4.35. The van der Waals surface area contributed by atoms with Crippen molar-refractivity contribution >= 4 is 52.4 Å². The van der Waals surface area contributed by atoms with Crippen LogP contribution in [0.25, 0.3) is 0 Å². The molecule has 15 atom stereocenters. The molecule has 25 nitrogen and oxygen atoms in total. The maximum Gasteiger partial charge on any atom is 0.510 e.